The third-order valence-electron chi connectivity index (χ3n) is 1.96. The average molecular weight is 156 g/mol. The van der Waals surface area contributed by atoms with Crippen LogP contribution in [0.1, 0.15) is 34.6 Å². The van der Waals surface area contributed by atoms with Gasteiger partial charge < -0.3 is 5.11 Å². The minimum absolute atomic E-state index is 0.197. The normalized spacial score (nSPS) is 15.2. The van der Waals surface area contributed by atoms with Crippen LogP contribution in [0.3, 0.4) is 0 Å². The van der Waals surface area contributed by atoms with E-state index in [0.29, 0.717) is 5.92 Å². The zero-order valence-electron chi connectivity index (χ0n) is 8.31. The van der Waals surface area contributed by atoms with Gasteiger partial charge in [-0.1, -0.05) is 26.0 Å². The number of hydrogen-bond acceptors (Lipinski definition) is 1. The predicted molar refractivity (Wildman–Crippen MR) is 49.4 cm³/mol. The Balaban J connectivity index is 4.49. The van der Waals surface area contributed by atoms with Crippen LogP contribution in [0, 0.1) is 11.8 Å². The van der Waals surface area contributed by atoms with E-state index >= 15 is 0 Å². The van der Waals surface area contributed by atoms with Crippen LogP contribution >= 0.6 is 0 Å². The van der Waals surface area contributed by atoms with Crippen molar-refractivity contribution in [2.45, 2.75) is 40.2 Å². The van der Waals surface area contributed by atoms with Crippen LogP contribution in [-0.4, -0.2) is 10.7 Å². The molecule has 1 nitrogen and oxygen atoms in total. The third-order valence-corrected chi connectivity index (χ3v) is 1.96. The first-order valence-corrected chi connectivity index (χ1v) is 4.14. The summed E-state index contributed by atoms with van der Waals surface area (Å²) in [6.45, 7) is 13.8. The Labute approximate surface area is 70.1 Å². The van der Waals surface area contributed by atoms with E-state index in [-0.39, 0.29) is 5.92 Å². The van der Waals surface area contributed by atoms with Crippen LogP contribution in [0.15, 0.2) is 12.2 Å². The molecule has 0 aromatic heterocycles. The quantitative estimate of drug-likeness (QED) is 0.623. The van der Waals surface area contributed by atoms with E-state index < -0.39 is 5.60 Å². The summed E-state index contributed by atoms with van der Waals surface area (Å²) < 4.78 is 0. The van der Waals surface area contributed by atoms with Crippen molar-refractivity contribution in [1.82, 2.24) is 0 Å². The minimum Gasteiger partial charge on any atom is -0.390 e. The van der Waals surface area contributed by atoms with Gasteiger partial charge in [0.05, 0.1) is 5.60 Å². The van der Waals surface area contributed by atoms with Crippen molar-refractivity contribution in [3.05, 3.63) is 12.2 Å². The molecule has 0 radical (unpaired) electrons. The molecule has 66 valence electrons. The maximum atomic E-state index is 9.76. The van der Waals surface area contributed by atoms with Gasteiger partial charge in [0, 0.05) is 5.92 Å². The Kier molecular flexibility index (Phi) is 3.30. The Morgan fingerprint density at radius 2 is 1.73 bits per heavy atom. The molecule has 0 fully saturated rings. The first-order chi connectivity index (χ1) is 4.76. The maximum Gasteiger partial charge on any atom is 0.0658 e. The van der Waals surface area contributed by atoms with E-state index in [4.69, 9.17) is 0 Å². The van der Waals surface area contributed by atoms with Gasteiger partial charge in [-0.3, -0.25) is 0 Å². The van der Waals surface area contributed by atoms with Crippen LogP contribution < -0.4 is 0 Å². The second-order valence-electron chi connectivity index (χ2n) is 4.22. The molecule has 0 amide bonds. The van der Waals surface area contributed by atoms with Gasteiger partial charge in [-0.2, -0.15) is 0 Å². The van der Waals surface area contributed by atoms with E-state index in [2.05, 4.69) is 20.4 Å². The van der Waals surface area contributed by atoms with Crippen molar-refractivity contribution in [2.24, 2.45) is 11.8 Å². The van der Waals surface area contributed by atoms with Crippen molar-refractivity contribution < 1.29 is 5.11 Å². The highest BCUT2D eigenvalue weighted by Crippen LogP contribution is 2.29. The van der Waals surface area contributed by atoms with E-state index in [9.17, 15) is 5.11 Å². The second kappa shape index (κ2) is 3.40. The highest BCUT2D eigenvalue weighted by molar-refractivity contribution is 5.04. The molecule has 0 saturated carbocycles. The van der Waals surface area contributed by atoms with Gasteiger partial charge in [-0.25, -0.2) is 0 Å². The van der Waals surface area contributed by atoms with Crippen LogP contribution in [0.2, 0.25) is 0 Å². The lowest BCUT2D eigenvalue weighted by atomic mass is 9.78. The molecular formula is C10H20O. The molecule has 1 atom stereocenters. The smallest absolute Gasteiger partial charge is 0.0658 e. The van der Waals surface area contributed by atoms with Crippen LogP contribution in [0.4, 0.5) is 0 Å². The number of aliphatic hydroxyl groups is 1. The lowest BCUT2D eigenvalue weighted by Crippen LogP contribution is -2.35. The molecule has 0 aliphatic rings. The number of rotatable bonds is 3. The molecule has 0 heterocycles. The van der Waals surface area contributed by atoms with Crippen LogP contribution in [-0.2, 0) is 0 Å². The van der Waals surface area contributed by atoms with Crippen LogP contribution in [0.25, 0.3) is 0 Å². The monoisotopic (exact) mass is 156 g/mol. The fourth-order valence-electron chi connectivity index (χ4n) is 1.99. The molecule has 11 heavy (non-hydrogen) atoms. The molecular weight excluding hydrogens is 136 g/mol. The maximum absolute atomic E-state index is 9.76. The van der Waals surface area contributed by atoms with Gasteiger partial charge in [0.25, 0.3) is 0 Å². The molecule has 1 heteroatoms. The molecule has 0 aliphatic carbocycles. The summed E-state index contributed by atoms with van der Waals surface area (Å²) in [6, 6.07) is 0. The summed E-state index contributed by atoms with van der Waals surface area (Å²) in [7, 11) is 0. The van der Waals surface area contributed by atoms with Gasteiger partial charge in [-0.05, 0) is 26.7 Å². The molecule has 0 rings (SSSR count). The Bertz CT molecular complexity index is 139. The SMILES string of the molecule is C=C(C)C(C(C)C)C(C)(C)O. The average Bonchev–Trinajstić information content (AvgIpc) is 1.54. The van der Waals surface area contributed by atoms with Crippen molar-refractivity contribution in [2.75, 3.05) is 0 Å². The highest BCUT2D eigenvalue weighted by atomic mass is 16.3. The molecule has 1 unspecified atom stereocenters. The molecule has 0 spiro atoms. The summed E-state index contributed by atoms with van der Waals surface area (Å²) in [6.07, 6.45) is 0. The number of hydrogen-bond donors (Lipinski definition) is 1. The van der Waals surface area contributed by atoms with Gasteiger partial charge in [0.15, 0.2) is 0 Å². The summed E-state index contributed by atoms with van der Waals surface area (Å²) in [5.41, 5.74) is 0.424. The zero-order valence-corrected chi connectivity index (χ0v) is 8.31. The molecule has 1 N–H and O–H groups in total. The Morgan fingerprint density at radius 1 is 1.36 bits per heavy atom. The highest BCUT2D eigenvalue weighted by Gasteiger charge is 2.29. The summed E-state index contributed by atoms with van der Waals surface area (Å²) in [4.78, 5) is 0. The van der Waals surface area contributed by atoms with E-state index in [1.165, 1.54) is 0 Å². The predicted octanol–water partition coefficient (Wildman–Crippen LogP) is 2.61. The molecule has 0 aromatic rings. The first kappa shape index (κ1) is 10.7. The molecule has 0 saturated heterocycles. The minimum atomic E-state index is -0.639. The Hall–Kier alpha value is -0.300. The lowest BCUT2D eigenvalue weighted by Gasteiger charge is -2.33. The summed E-state index contributed by atoms with van der Waals surface area (Å²) in [5.74, 6) is 0.648. The first-order valence-electron chi connectivity index (χ1n) is 4.14. The molecule has 0 aliphatic heterocycles. The lowest BCUT2D eigenvalue weighted by molar-refractivity contribution is 0.0139. The summed E-state index contributed by atoms with van der Waals surface area (Å²) in [5, 5.41) is 9.76. The van der Waals surface area contributed by atoms with Gasteiger partial charge >= 0.3 is 0 Å². The molecule has 0 bridgehead atoms. The zero-order chi connectivity index (χ0) is 9.23. The fourth-order valence-corrected chi connectivity index (χ4v) is 1.99. The second-order valence-corrected chi connectivity index (χ2v) is 4.22. The third kappa shape index (κ3) is 3.06. The van der Waals surface area contributed by atoms with Crippen molar-refractivity contribution in [3.63, 3.8) is 0 Å². The van der Waals surface area contributed by atoms with Gasteiger partial charge in [-0.15, -0.1) is 0 Å². The van der Waals surface area contributed by atoms with E-state index in [1.54, 1.807) is 0 Å². The Morgan fingerprint density at radius 3 is 1.73 bits per heavy atom. The van der Waals surface area contributed by atoms with Crippen LogP contribution in [0.5, 0.6) is 0 Å². The fraction of sp³-hybridized carbons (Fsp3) is 0.800. The summed E-state index contributed by atoms with van der Waals surface area (Å²) >= 11 is 0. The van der Waals surface area contributed by atoms with E-state index in [1.807, 2.05) is 20.8 Å². The van der Waals surface area contributed by atoms with Crippen molar-refractivity contribution in [3.8, 4) is 0 Å². The largest absolute Gasteiger partial charge is 0.390 e. The van der Waals surface area contributed by atoms with Gasteiger partial charge in [0.1, 0.15) is 0 Å². The van der Waals surface area contributed by atoms with Gasteiger partial charge in [0.2, 0.25) is 0 Å². The topological polar surface area (TPSA) is 20.2 Å². The molecule has 0 aromatic carbocycles. The van der Waals surface area contributed by atoms with E-state index in [0.717, 1.165) is 5.57 Å². The standard InChI is InChI=1S/C10H20O/c1-7(2)9(8(3)4)10(5,6)11/h8-9,11H,1H2,2-6H3. The van der Waals surface area contributed by atoms with Crippen molar-refractivity contribution in [1.29, 1.82) is 0 Å². The van der Waals surface area contributed by atoms with Crippen molar-refractivity contribution >= 4 is 0 Å².